The second kappa shape index (κ2) is 5.59. The lowest BCUT2D eigenvalue weighted by molar-refractivity contribution is 0.0695. The Labute approximate surface area is 114 Å². The van der Waals surface area contributed by atoms with Gasteiger partial charge >= 0.3 is 5.97 Å². The van der Waals surface area contributed by atoms with Crippen molar-refractivity contribution in [3.63, 3.8) is 0 Å². The van der Waals surface area contributed by atoms with E-state index in [1.54, 1.807) is 19.1 Å². The molecule has 0 saturated heterocycles. The number of hydrogen-bond acceptors (Lipinski definition) is 3. The normalized spacial score (nSPS) is 18.0. The summed E-state index contributed by atoms with van der Waals surface area (Å²) in [6.45, 7) is 4.96. The fraction of sp³-hybridized carbons (Fsp3) is 0.600. The van der Waals surface area contributed by atoms with Crippen LogP contribution in [0.25, 0.3) is 0 Å². The second-order valence-corrected chi connectivity index (χ2v) is 5.86. The molecule has 104 valence electrons. The van der Waals surface area contributed by atoms with Gasteiger partial charge in [-0.2, -0.15) is 0 Å². The van der Waals surface area contributed by atoms with E-state index in [4.69, 9.17) is 5.11 Å². The minimum atomic E-state index is -0.921. The Morgan fingerprint density at radius 3 is 2.63 bits per heavy atom. The maximum atomic E-state index is 10.9. The van der Waals surface area contributed by atoms with Gasteiger partial charge in [-0.3, -0.25) is 0 Å². The summed E-state index contributed by atoms with van der Waals surface area (Å²) in [5.41, 5.74) is 1.18. The lowest BCUT2D eigenvalue weighted by Gasteiger charge is -2.33. The summed E-state index contributed by atoms with van der Waals surface area (Å²) in [7, 11) is 0. The van der Waals surface area contributed by atoms with Gasteiger partial charge < -0.3 is 10.4 Å². The standard InChI is InChI=1S/C15H22N2O2/c1-11-12(14(18)19)6-7-13(17-11)16-10-15(2)8-4-3-5-9-15/h6-7H,3-5,8-10H2,1-2H3,(H,16,17)(H,18,19). The first-order chi connectivity index (χ1) is 9.00. The van der Waals surface area contributed by atoms with E-state index >= 15 is 0 Å². The molecule has 2 N–H and O–H groups in total. The van der Waals surface area contributed by atoms with Crippen molar-refractivity contribution in [2.24, 2.45) is 5.41 Å². The zero-order valence-corrected chi connectivity index (χ0v) is 11.7. The van der Waals surface area contributed by atoms with Crippen molar-refractivity contribution in [3.05, 3.63) is 23.4 Å². The summed E-state index contributed by atoms with van der Waals surface area (Å²) in [4.78, 5) is 15.2. The van der Waals surface area contributed by atoms with Gasteiger partial charge in [0.05, 0.1) is 11.3 Å². The van der Waals surface area contributed by atoms with Gasteiger partial charge in [-0.15, -0.1) is 0 Å². The lowest BCUT2D eigenvalue weighted by Crippen LogP contribution is -2.29. The molecule has 1 aromatic rings. The third-order valence-corrected chi connectivity index (χ3v) is 4.07. The number of rotatable bonds is 4. The zero-order chi connectivity index (χ0) is 13.9. The molecule has 1 saturated carbocycles. The molecule has 1 aliphatic carbocycles. The molecule has 1 aromatic heterocycles. The molecule has 0 bridgehead atoms. The molecule has 2 rings (SSSR count). The highest BCUT2D eigenvalue weighted by Crippen LogP contribution is 2.35. The molecule has 1 heterocycles. The number of nitrogens with one attached hydrogen (secondary N) is 1. The van der Waals surface area contributed by atoms with Gasteiger partial charge in [0, 0.05) is 6.54 Å². The van der Waals surface area contributed by atoms with Gasteiger partial charge in [-0.1, -0.05) is 26.2 Å². The van der Waals surface area contributed by atoms with Gasteiger partial charge in [0.15, 0.2) is 0 Å². The van der Waals surface area contributed by atoms with Crippen molar-refractivity contribution in [2.75, 3.05) is 11.9 Å². The van der Waals surface area contributed by atoms with Gasteiger partial charge in [0.2, 0.25) is 0 Å². The quantitative estimate of drug-likeness (QED) is 0.872. The minimum absolute atomic E-state index is 0.273. The first-order valence-corrected chi connectivity index (χ1v) is 6.95. The van der Waals surface area contributed by atoms with E-state index < -0.39 is 5.97 Å². The molecule has 0 aromatic carbocycles. The molecular weight excluding hydrogens is 240 g/mol. The molecule has 4 nitrogen and oxygen atoms in total. The second-order valence-electron chi connectivity index (χ2n) is 5.86. The molecule has 1 fully saturated rings. The number of carbonyl (C=O) groups is 1. The number of carboxylic acid groups (broad SMARTS) is 1. The average molecular weight is 262 g/mol. The Bertz CT molecular complexity index is 465. The highest BCUT2D eigenvalue weighted by molar-refractivity contribution is 5.89. The third-order valence-electron chi connectivity index (χ3n) is 4.07. The summed E-state index contributed by atoms with van der Waals surface area (Å²) in [6.07, 6.45) is 6.48. The van der Waals surface area contributed by atoms with Gasteiger partial charge in [0.1, 0.15) is 5.82 Å². The Balaban J connectivity index is 2.00. The smallest absolute Gasteiger partial charge is 0.337 e. The summed E-state index contributed by atoms with van der Waals surface area (Å²) in [6, 6.07) is 3.37. The SMILES string of the molecule is Cc1nc(NCC2(C)CCCCC2)ccc1C(=O)O. The van der Waals surface area contributed by atoms with Crippen molar-refractivity contribution in [3.8, 4) is 0 Å². The topological polar surface area (TPSA) is 62.2 Å². The van der Waals surface area contributed by atoms with Crippen LogP contribution in [0, 0.1) is 12.3 Å². The monoisotopic (exact) mass is 262 g/mol. The van der Waals surface area contributed by atoms with Crippen LogP contribution in [0.4, 0.5) is 5.82 Å². The number of aromatic nitrogens is 1. The van der Waals surface area contributed by atoms with Crippen LogP contribution in [0.3, 0.4) is 0 Å². The molecule has 0 atom stereocenters. The van der Waals surface area contributed by atoms with E-state index in [-0.39, 0.29) is 5.56 Å². The van der Waals surface area contributed by atoms with Gasteiger partial charge in [-0.25, -0.2) is 9.78 Å². The number of aromatic carboxylic acids is 1. The Kier molecular flexibility index (Phi) is 4.08. The van der Waals surface area contributed by atoms with E-state index in [0.29, 0.717) is 11.1 Å². The van der Waals surface area contributed by atoms with Crippen molar-refractivity contribution in [1.29, 1.82) is 0 Å². The molecule has 0 unspecified atom stereocenters. The summed E-state index contributed by atoms with van der Waals surface area (Å²) < 4.78 is 0. The third kappa shape index (κ3) is 3.46. The van der Waals surface area contributed by atoms with Crippen molar-refractivity contribution in [1.82, 2.24) is 4.98 Å². The molecule has 1 aliphatic rings. The number of anilines is 1. The Hall–Kier alpha value is -1.58. The van der Waals surface area contributed by atoms with Crippen LogP contribution in [-0.4, -0.2) is 22.6 Å². The van der Waals surface area contributed by atoms with Crippen LogP contribution < -0.4 is 5.32 Å². The van der Waals surface area contributed by atoms with Crippen LogP contribution in [0.5, 0.6) is 0 Å². The summed E-state index contributed by atoms with van der Waals surface area (Å²) in [5, 5.41) is 12.3. The zero-order valence-electron chi connectivity index (χ0n) is 11.7. The molecule has 19 heavy (non-hydrogen) atoms. The summed E-state index contributed by atoms with van der Waals surface area (Å²) >= 11 is 0. The highest BCUT2D eigenvalue weighted by atomic mass is 16.4. The van der Waals surface area contributed by atoms with Crippen molar-refractivity contribution in [2.45, 2.75) is 46.0 Å². The molecule has 4 heteroatoms. The van der Waals surface area contributed by atoms with Crippen LogP contribution in [-0.2, 0) is 0 Å². The largest absolute Gasteiger partial charge is 0.478 e. The van der Waals surface area contributed by atoms with Crippen LogP contribution in [0.1, 0.15) is 55.1 Å². The molecule has 0 spiro atoms. The van der Waals surface area contributed by atoms with Gasteiger partial charge in [0.25, 0.3) is 0 Å². The van der Waals surface area contributed by atoms with E-state index in [1.165, 1.54) is 32.1 Å². The van der Waals surface area contributed by atoms with E-state index in [2.05, 4.69) is 17.2 Å². The van der Waals surface area contributed by atoms with E-state index in [9.17, 15) is 4.79 Å². The van der Waals surface area contributed by atoms with Crippen molar-refractivity contribution >= 4 is 11.8 Å². The number of pyridine rings is 1. The predicted octanol–water partition coefficient (Wildman–Crippen LogP) is 3.47. The Morgan fingerprint density at radius 1 is 1.37 bits per heavy atom. The predicted molar refractivity (Wildman–Crippen MR) is 75.6 cm³/mol. The van der Waals surface area contributed by atoms with Crippen LogP contribution in [0.15, 0.2) is 12.1 Å². The fourth-order valence-electron chi connectivity index (χ4n) is 2.77. The number of hydrogen-bond donors (Lipinski definition) is 2. The maximum absolute atomic E-state index is 10.9. The average Bonchev–Trinajstić information content (AvgIpc) is 2.37. The summed E-state index contributed by atoms with van der Waals surface area (Å²) in [5.74, 6) is -0.148. The van der Waals surface area contributed by atoms with Gasteiger partial charge in [-0.05, 0) is 37.3 Å². The molecule has 0 aliphatic heterocycles. The van der Waals surface area contributed by atoms with Crippen molar-refractivity contribution < 1.29 is 9.90 Å². The first-order valence-electron chi connectivity index (χ1n) is 6.95. The molecule has 0 amide bonds. The maximum Gasteiger partial charge on any atom is 0.337 e. The highest BCUT2D eigenvalue weighted by Gasteiger charge is 2.26. The fourth-order valence-corrected chi connectivity index (χ4v) is 2.77. The van der Waals surface area contributed by atoms with E-state index in [1.807, 2.05) is 0 Å². The number of carboxylic acids is 1. The molecule has 0 radical (unpaired) electrons. The minimum Gasteiger partial charge on any atom is -0.478 e. The van der Waals surface area contributed by atoms with Crippen LogP contribution >= 0.6 is 0 Å². The first kappa shape index (κ1) is 13.8. The Morgan fingerprint density at radius 2 is 2.05 bits per heavy atom. The number of aryl methyl sites for hydroxylation is 1. The van der Waals surface area contributed by atoms with Crippen LogP contribution in [0.2, 0.25) is 0 Å². The van der Waals surface area contributed by atoms with E-state index in [0.717, 1.165) is 12.4 Å². The lowest BCUT2D eigenvalue weighted by atomic mass is 9.76. The molecular formula is C15H22N2O2. The number of nitrogens with zero attached hydrogens (tertiary/aromatic N) is 1.